The van der Waals surface area contributed by atoms with Crippen molar-refractivity contribution in [3.63, 3.8) is 0 Å². The summed E-state index contributed by atoms with van der Waals surface area (Å²) in [6.07, 6.45) is 0.216. The lowest BCUT2D eigenvalue weighted by atomic mass is 10.3. The number of esters is 1. The number of hydrogen-bond acceptors (Lipinski definition) is 6. The van der Waals surface area contributed by atoms with Gasteiger partial charge in [-0.15, -0.1) is 0 Å². The van der Waals surface area contributed by atoms with Crippen LogP contribution in [0.25, 0.3) is 0 Å². The first-order valence-corrected chi connectivity index (χ1v) is 9.30. The molecular weight excluding hydrogens is 382 g/mol. The smallest absolute Gasteiger partial charge is 0.321 e. The highest BCUT2D eigenvalue weighted by atomic mass is 35.5. The Morgan fingerprint density at radius 2 is 1.88 bits per heavy atom. The number of hydrogen-bond donors (Lipinski definition) is 2. The number of pyridine rings is 1. The maximum atomic E-state index is 12.0. The van der Waals surface area contributed by atoms with Crippen LogP contribution in [0.1, 0.15) is 6.92 Å². The molecule has 138 valence electrons. The van der Waals surface area contributed by atoms with E-state index in [0.29, 0.717) is 5.02 Å². The number of carbonyl (C=O) groups excluding carboxylic acids is 2. The first-order valence-electron chi connectivity index (χ1n) is 7.44. The molecule has 0 radical (unpaired) electrons. The van der Waals surface area contributed by atoms with E-state index in [1.165, 1.54) is 31.3 Å². The molecule has 0 bridgehead atoms. The predicted molar refractivity (Wildman–Crippen MR) is 95.1 cm³/mol. The van der Waals surface area contributed by atoms with Crippen molar-refractivity contribution in [2.75, 3.05) is 11.9 Å². The van der Waals surface area contributed by atoms with Gasteiger partial charge in [0, 0.05) is 6.20 Å². The van der Waals surface area contributed by atoms with Gasteiger partial charge in [0.05, 0.1) is 9.92 Å². The van der Waals surface area contributed by atoms with Crippen LogP contribution in [0.5, 0.6) is 0 Å². The van der Waals surface area contributed by atoms with Gasteiger partial charge in [-0.05, 0) is 31.2 Å². The Labute approximate surface area is 155 Å². The van der Waals surface area contributed by atoms with Gasteiger partial charge in [-0.3, -0.25) is 9.59 Å². The van der Waals surface area contributed by atoms with Crippen molar-refractivity contribution in [3.05, 3.63) is 53.7 Å². The number of nitrogens with one attached hydrogen (secondary N) is 2. The van der Waals surface area contributed by atoms with Gasteiger partial charge in [0.1, 0.15) is 12.4 Å². The normalized spacial score (nSPS) is 12.2. The Morgan fingerprint density at radius 3 is 2.50 bits per heavy atom. The van der Waals surface area contributed by atoms with Gasteiger partial charge in [-0.1, -0.05) is 29.8 Å². The van der Waals surface area contributed by atoms with E-state index in [-0.39, 0.29) is 10.7 Å². The molecule has 26 heavy (non-hydrogen) atoms. The Balaban J connectivity index is 1.84. The minimum Gasteiger partial charge on any atom is -0.452 e. The number of ether oxygens (including phenoxy) is 1. The molecule has 2 rings (SSSR count). The van der Waals surface area contributed by atoms with Crippen LogP contribution < -0.4 is 10.0 Å². The maximum absolute atomic E-state index is 12.0. The van der Waals surface area contributed by atoms with Gasteiger partial charge in [0.2, 0.25) is 10.0 Å². The van der Waals surface area contributed by atoms with Crippen LogP contribution in [0.2, 0.25) is 5.02 Å². The Bertz CT molecular complexity index is 873. The quantitative estimate of drug-likeness (QED) is 0.685. The summed E-state index contributed by atoms with van der Waals surface area (Å²) in [4.78, 5) is 27.6. The minimum absolute atomic E-state index is 0.0207. The van der Waals surface area contributed by atoms with Gasteiger partial charge < -0.3 is 10.1 Å². The van der Waals surface area contributed by atoms with E-state index in [4.69, 9.17) is 16.3 Å². The van der Waals surface area contributed by atoms with Crippen LogP contribution in [-0.2, 0) is 24.3 Å². The number of rotatable bonds is 7. The van der Waals surface area contributed by atoms with Crippen molar-refractivity contribution in [1.29, 1.82) is 0 Å². The molecule has 1 atom stereocenters. The molecular formula is C16H16ClN3O5S. The summed E-state index contributed by atoms with van der Waals surface area (Å²) in [5.41, 5.74) is 0. The van der Waals surface area contributed by atoms with Crippen LogP contribution in [-0.4, -0.2) is 37.9 Å². The van der Waals surface area contributed by atoms with E-state index in [9.17, 15) is 18.0 Å². The number of anilines is 1. The number of carbonyl (C=O) groups is 2. The molecule has 0 saturated heterocycles. The zero-order valence-corrected chi connectivity index (χ0v) is 15.3. The molecule has 1 unspecified atom stereocenters. The molecule has 1 amide bonds. The molecule has 1 aromatic heterocycles. The number of nitrogens with zero attached hydrogens (tertiary/aromatic N) is 1. The number of benzene rings is 1. The van der Waals surface area contributed by atoms with Crippen molar-refractivity contribution in [2.24, 2.45) is 0 Å². The zero-order chi connectivity index (χ0) is 19.2. The molecule has 10 heteroatoms. The summed E-state index contributed by atoms with van der Waals surface area (Å²) in [5.74, 6) is -1.26. The highest BCUT2D eigenvalue weighted by Gasteiger charge is 2.20. The minimum atomic E-state index is -3.84. The molecule has 0 saturated carbocycles. The van der Waals surface area contributed by atoms with Crippen molar-refractivity contribution in [3.8, 4) is 0 Å². The van der Waals surface area contributed by atoms with Crippen LogP contribution in [0.15, 0.2) is 53.6 Å². The molecule has 0 aliphatic heterocycles. The van der Waals surface area contributed by atoms with Gasteiger partial charge in [0.15, 0.2) is 6.10 Å². The number of sulfonamides is 1. The van der Waals surface area contributed by atoms with Crippen molar-refractivity contribution in [1.82, 2.24) is 9.71 Å². The third kappa shape index (κ3) is 5.80. The Hall–Kier alpha value is -2.49. The van der Waals surface area contributed by atoms with Crippen LogP contribution >= 0.6 is 11.6 Å². The highest BCUT2D eigenvalue weighted by Crippen LogP contribution is 2.10. The fourth-order valence-electron chi connectivity index (χ4n) is 1.81. The SMILES string of the molecule is CC(OC(=O)CNS(=O)(=O)c1ccccc1)C(=O)Nc1ccc(Cl)cn1. The monoisotopic (exact) mass is 397 g/mol. The van der Waals surface area contributed by atoms with Crippen LogP contribution in [0.3, 0.4) is 0 Å². The third-order valence-corrected chi connectivity index (χ3v) is 4.76. The number of amides is 1. The fraction of sp³-hybridized carbons (Fsp3) is 0.188. The van der Waals surface area contributed by atoms with E-state index in [1.807, 2.05) is 0 Å². The van der Waals surface area contributed by atoms with Crippen molar-refractivity contribution in [2.45, 2.75) is 17.9 Å². The summed E-state index contributed by atoms with van der Waals surface area (Å²) in [6, 6.07) is 10.6. The summed E-state index contributed by atoms with van der Waals surface area (Å²) >= 11 is 5.69. The summed E-state index contributed by atoms with van der Waals surface area (Å²) in [7, 11) is -3.84. The molecule has 1 heterocycles. The first-order chi connectivity index (χ1) is 12.3. The van der Waals surface area contributed by atoms with E-state index in [2.05, 4.69) is 15.0 Å². The Kier molecular flexibility index (Phi) is 6.67. The van der Waals surface area contributed by atoms with Crippen LogP contribution in [0, 0.1) is 0 Å². The lowest BCUT2D eigenvalue weighted by molar-refractivity contribution is -0.151. The first kappa shape index (κ1) is 19.8. The standard InChI is InChI=1S/C16H16ClN3O5S/c1-11(16(22)20-14-8-7-12(17)9-18-14)25-15(21)10-19-26(23,24)13-5-3-2-4-6-13/h2-9,11,19H,10H2,1H3,(H,18,20,22). The zero-order valence-electron chi connectivity index (χ0n) is 13.7. The highest BCUT2D eigenvalue weighted by molar-refractivity contribution is 7.89. The van der Waals surface area contributed by atoms with Crippen molar-refractivity contribution >= 4 is 39.3 Å². The number of halogens is 1. The third-order valence-electron chi connectivity index (χ3n) is 3.12. The summed E-state index contributed by atoms with van der Waals surface area (Å²) < 4.78 is 31.0. The molecule has 2 aromatic rings. The van der Waals surface area contributed by atoms with Gasteiger partial charge in [-0.2, -0.15) is 4.72 Å². The lowest BCUT2D eigenvalue weighted by Crippen LogP contribution is -2.35. The van der Waals surface area contributed by atoms with E-state index in [0.717, 1.165) is 0 Å². The maximum Gasteiger partial charge on any atom is 0.321 e. The second-order valence-corrected chi connectivity index (χ2v) is 7.32. The van der Waals surface area contributed by atoms with Crippen molar-refractivity contribution < 1.29 is 22.7 Å². The summed E-state index contributed by atoms with van der Waals surface area (Å²) in [5, 5.41) is 2.86. The topological polar surface area (TPSA) is 114 Å². The lowest BCUT2D eigenvalue weighted by Gasteiger charge is -2.13. The largest absolute Gasteiger partial charge is 0.452 e. The Morgan fingerprint density at radius 1 is 1.19 bits per heavy atom. The predicted octanol–water partition coefficient (Wildman–Crippen LogP) is 1.58. The van der Waals surface area contributed by atoms with E-state index >= 15 is 0 Å². The molecule has 2 N–H and O–H groups in total. The van der Waals surface area contributed by atoms with Gasteiger partial charge in [0.25, 0.3) is 5.91 Å². The summed E-state index contributed by atoms with van der Waals surface area (Å²) in [6.45, 7) is 0.753. The average Bonchev–Trinajstić information content (AvgIpc) is 2.62. The molecule has 0 spiro atoms. The van der Waals surface area contributed by atoms with Gasteiger partial charge >= 0.3 is 5.97 Å². The molecule has 1 aromatic carbocycles. The van der Waals surface area contributed by atoms with E-state index in [1.54, 1.807) is 24.3 Å². The number of aromatic nitrogens is 1. The van der Waals surface area contributed by atoms with E-state index < -0.39 is 34.5 Å². The second-order valence-electron chi connectivity index (χ2n) is 5.12. The molecule has 8 nitrogen and oxygen atoms in total. The average molecular weight is 398 g/mol. The van der Waals surface area contributed by atoms with Crippen LogP contribution in [0.4, 0.5) is 5.82 Å². The second kappa shape index (κ2) is 8.75. The fourth-order valence-corrected chi connectivity index (χ4v) is 2.91. The molecule has 0 fully saturated rings. The molecule has 0 aliphatic carbocycles. The van der Waals surface area contributed by atoms with Gasteiger partial charge in [-0.25, -0.2) is 13.4 Å². The molecule has 0 aliphatic rings.